The van der Waals surface area contributed by atoms with Gasteiger partial charge in [-0.1, -0.05) is 18.1 Å². The van der Waals surface area contributed by atoms with Crippen molar-refractivity contribution in [1.29, 1.82) is 0 Å². The molecular weight excluding hydrogens is 885 g/mol. The lowest BCUT2D eigenvalue weighted by Gasteiger charge is -2.55. The highest BCUT2D eigenvalue weighted by Crippen LogP contribution is 2.57. The highest BCUT2D eigenvalue weighted by atomic mass is 19.1. The van der Waals surface area contributed by atoms with Gasteiger partial charge in [0.05, 0.1) is 51.4 Å². The Hall–Kier alpha value is -6.92. The summed E-state index contributed by atoms with van der Waals surface area (Å²) in [5.41, 5.74) is 3.17. The molecule has 3 aliphatic heterocycles. The summed E-state index contributed by atoms with van der Waals surface area (Å²) in [5, 5.41) is 14.9. The van der Waals surface area contributed by atoms with Crippen molar-refractivity contribution in [1.82, 2.24) is 53.2 Å². The first-order valence-electron chi connectivity index (χ1n) is 23.6. The molecule has 0 radical (unpaired) electrons. The molecule has 4 aliphatic rings. The van der Waals surface area contributed by atoms with Crippen molar-refractivity contribution in [3.63, 3.8) is 0 Å². The van der Waals surface area contributed by atoms with Gasteiger partial charge < -0.3 is 14.2 Å². The molecule has 1 saturated carbocycles. The van der Waals surface area contributed by atoms with E-state index >= 15 is 13.6 Å². The maximum Gasteiger partial charge on any atom is 0.438 e. The molecule has 1 N–H and O–H groups in total. The number of H-pyrrole nitrogens is 1. The quantitative estimate of drug-likeness (QED) is 0.172. The van der Waals surface area contributed by atoms with Crippen molar-refractivity contribution in [3.05, 3.63) is 139 Å². The number of benzene rings is 3. The molecule has 3 fully saturated rings. The molecule has 3 aromatic carbocycles. The smallest absolute Gasteiger partial charge is 0.376 e. The number of nitrogens with one attached hydrogen (secondary N) is 1. The number of halogens is 2. The summed E-state index contributed by atoms with van der Waals surface area (Å²) in [6, 6.07) is 14.4. The number of carbonyl (C=O) groups excluding carboxylic acids is 1. The molecule has 8 aromatic rings. The number of aryl methyl sites for hydroxylation is 3. The van der Waals surface area contributed by atoms with Gasteiger partial charge >= 0.3 is 11.4 Å². The molecule has 2 saturated heterocycles. The Kier molecular flexibility index (Phi) is 9.30. The number of imidazole rings is 1. The zero-order valence-electron chi connectivity index (χ0n) is 39.8. The van der Waals surface area contributed by atoms with E-state index in [1.54, 1.807) is 60.7 Å². The van der Waals surface area contributed by atoms with E-state index in [-0.39, 0.29) is 46.8 Å². The summed E-state index contributed by atoms with van der Waals surface area (Å²) in [6.07, 6.45) is 7.53. The third-order valence-electron chi connectivity index (χ3n) is 16.0. The molecule has 1 amide bonds. The number of likely N-dealkylation sites (tertiary alicyclic amines) is 1. The largest absolute Gasteiger partial charge is 0.438 e. The van der Waals surface area contributed by atoms with Crippen LogP contribution >= 0.6 is 0 Å². The van der Waals surface area contributed by atoms with Crippen LogP contribution in [0.3, 0.4) is 0 Å². The molecule has 5 aromatic heterocycles. The fourth-order valence-electron chi connectivity index (χ4n) is 12.0. The number of fused-ring (bicyclic) bond motifs is 4. The molecule has 1 aliphatic carbocycles. The summed E-state index contributed by atoms with van der Waals surface area (Å²) in [6.45, 7) is 13.3. The molecule has 12 rings (SSSR count). The van der Waals surface area contributed by atoms with E-state index in [1.165, 1.54) is 21.5 Å². The average Bonchev–Trinajstić information content (AvgIpc) is 3.96. The fourth-order valence-corrected chi connectivity index (χ4v) is 12.0. The number of nitrogens with zero attached hydrogens (tertiary/aromatic N) is 10. The standard InChI is InChI=1S/C51H53F2N11O5/c1-27-19-34(20-28(2)41(27)52)64-44(61-17-16-60(48(61)67)38-12-11-37-35(42(38)53)25-54-59(37)8)40-30(4)62(26-50(43(40)56-64)14-15-58(50)7)45(65)39-22-33-21-31(32-13-18-68-49(5,6)24-32)9-10-36(33)63(39)51(23-29(51)3)46-55-47(66)69-57-46/h9-12,16-17,19-22,25,29-30,32H,13-15,18,23-24,26H2,1-8H3,(H,55,57,66)/t29-,30-,32-,50?,51-/m0/s1. The zero-order valence-corrected chi connectivity index (χ0v) is 39.8. The van der Waals surface area contributed by atoms with Crippen LogP contribution in [-0.4, -0.2) is 91.5 Å². The van der Waals surface area contributed by atoms with Gasteiger partial charge in [0.1, 0.15) is 22.9 Å². The topological polar surface area (TPSA) is 159 Å². The van der Waals surface area contributed by atoms with Crippen LogP contribution in [0.25, 0.3) is 39.0 Å². The van der Waals surface area contributed by atoms with Gasteiger partial charge in [-0.2, -0.15) is 10.2 Å². The van der Waals surface area contributed by atoms with Crippen LogP contribution in [0.15, 0.2) is 81.2 Å². The van der Waals surface area contributed by atoms with Gasteiger partial charge in [0.2, 0.25) is 0 Å². The third kappa shape index (κ3) is 6.16. The first-order valence-corrected chi connectivity index (χ1v) is 23.6. The number of carbonyl (C=O) groups is 1. The zero-order chi connectivity index (χ0) is 48.2. The molecule has 8 heterocycles. The second-order valence-corrected chi connectivity index (χ2v) is 20.6. The van der Waals surface area contributed by atoms with Crippen LogP contribution in [0.1, 0.15) is 110 Å². The Morgan fingerprint density at radius 2 is 1.67 bits per heavy atom. The fraction of sp³-hybridized carbons (Fsp3) is 0.412. The van der Waals surface area contributed by atoms with Gasteiger partial charge in [-0.15, -0.1) is 0 Å². The third-order valence-corrected chi connectivity index (χ3v) is 16.0. The molecule has 356 valence electrons. The molecule has 1 unspecified atom stereocenters. The number of likely N-dealkylation sites (N-methyl/N-ethyl adjacent to an activating group) is 1. The monoisotopic (exact) mass is 937 g/mol. The predicted molar refractivity (Wildman–Crippen MR) is 252 cm³/mol. The minimum Gasteiger partial charge on any atom is -0.376 e. The SMILES string of the molecule is Cc1cc(-n2nc3c(c2-n2ccn(-c4ccc5c(cnn5C)c4F)c2=O)[C@H](C)N(C(=O)c2cc4cc([C@H]5CCOC(C)(C)C5)ccc4n2[C@@]2(c4noc(=O)[nH]4)C[C@@H]2C)CC32CCN2C)cc(C)c1F. The number of aromatic amines is 1. The van der Waals surface area contributed by atoms with E-state index in [9.17, 15) is 9.59 Å². The van der Waals surface area contributed by atoms with Gasteiger partial charge in [-0.05, 0) is 138 Å². The Labute approximate surface area is 394 Å². The molecular formula is C51H53F2N11O5. The van der Waals surface area contributed by atoms with Crippen LogP contribution in [-0.2, 0) is 22.9 Å². The predicted octanol–water partition coefficient (Wildman–Crippen LogP) is 7.43. The highest BCUT2D eigenvalue weighted by Gasteiger charge is 2.60. The van der Waals surface area contributed by atoms with Crippen LogP contribution < -0.4 is 11.4 Å². The van der Waals surface area contributed by atoms with E-state index in [4.69, 9.17) is 14.4 Å². The van der Waals surface area contributed by atoms with E-state index in [2.05, 4.69) is 59.1 Å². The van der Waals surface area contributed by atoms with Gasteiger partial charge in [-0.25, -0.2) is 23.1 Å². The lowest BCUT2D eigenvalue weighted by Crippen LogP contribution is -2.64. The number of rotatable bonds is 7. The maximum absolute atomic E-state index is 16.3. The Morgan fingerprint density at radius 3 is 2.33 bits per heavy atom. The van der Waals surface area contributed by atoms with Crippen LogP contribution in [0.4, 0.5) is 8.78 Å². The van der Waals surface area contributed by atoms with E-state index in [0.29, 0.717) is 70.4 Å². The van der Waals surface area contributed by atoms with Crippen molar-refractivity contribution < 1.29 is 22.8 Å². The second kappa shape index (κ2) is 14.8. The lowest BCUT2D eigenvalue weighted by molar-refractivity contribution is -0.0592. The maximum atomic E-state index is 16.3. The second-order valence-electron chi connectivity index (χ2n) is 20.6. The summed E-state index contributed by atoms with van der Waals surface area (Å²) in [7, 11) is 3.73. The Morgan fingerprint density at radius 1 is 0.928 bits per heavy atom. The molecule has 0 bridgehead atoms. The lowest BCUT2D eigenvalue weighted by atomic mass is 9.75. The van der Waals surface area contributed by atoms with Crippen LogP contribution in [0.5, 0.6) is 0 Å². The number of hydrogen-bond donors (Lipinski definition) is 1. The minimum atomic E-state index is -0.880. The van der Waals surface area contributed by atoms with Crippen LogP contribution in [0.2, 0.25) is 0 Å². The Bertz CT molecular complexity index is 3570. The van der Waals surface area contributed by atoms with Crippen molar-refractivity contribution in [2.45, 2.75) is 95.9 Å². The minimum absolute atomic E-state index is 0.0158. The normalized spacial score (nSPS) is 24.4. The van der Waals surface area contributed by atoms with E-state index in [1.807, 2.05) is 29.5 Å². The van der Waals surface area contributed by atoms with Crippen molar-refractivity contribution in [3.8, 4) is 17.2 Å². The average molecular weight is 938 g/mol. The number of hydrogen-bond acceptors (Lipinski definition) is 9. The molecule has 5 atom stereocenters. The number of aromatic nitrogens is 9. The van der Waals surface area contributed by atoms with E-state index in [0.717, 1.165) is 35.9 Å². The number of amides is 1. The first-order chi connectivity index (χ1) is 32.9. The summed E-state index contributed by atoms with van der Waals surface area (Å²) >= 11 is 0. The number of ether oxygens (including phenoxy) is 1. The van der Waals surface area contributed by atoms with Crippen molar-refractivity contribution in [2.24, 2.45) is 13.0 Å². The molecule has 69 heavy (non-hydrogen) atoms. The molecule has 18 heteroatoms. The van der Waals surface area contributed by atoms with Crippen molar-refractivity contribution >= 4 is 27.7 Å². The Balaban J connectivity index is 1.06. The highest BCUT2D eigenvalue weighted by molar-refractivity contribution is 6.00. The van der Waals surface area contributed by atoms with Crippen LogP contribution in [0, 0.1) is 31.4 Å². The van der Waals surface area contributed by atoms with Gasteiger partial charge in [0.15, 0.2) is 11.6 Å². The van der Waals surface area contributed by atoms with E-state index < -0.39 is 34.4 Å². The first kappa shape index (κ1) is 43.4. The molecule has 1 spiro atoms. The van der Waals surface area contributed by atoms with Gasteiger partial charge in [0, 0.05) is 55.6 Å². The summed E-state index contributed by atoms with van der Waals surface area (Å²) < 4.78 is 50.9. The summed E-state index contributed by atoms with van der Waals surface area (Å²) in [5.74, 6) is -0.941. The molecule has 16 nitrogen and oxygen atoms in total. The van der Waals surface area contributed by atoms with Gasteiger partial charge in [0.25, 0.3) is 5.91 Å². The van der Waals surface area contributed by atoms with Gasteiger partial charge in [-0.3, -0.25) is 33.0 Å². The summed E-state index contributed by atoms with van der Waals surface area (Å²) in [4.78, 5) is 50.5. The van der Waals surface area contributed by atoms with Crippen molar-refractivity contribution in [2.75, 3.05) is 26.7 Å².